The summed E-state index contributed by atoms with van der Waals surface area (Å²) in [4.78, 5) is 38.8. The highest BCUT2D eigenvalue weighted by atomic mass is 16.5. The van der Waals surface area contributed by atoms with Gasteiger partial charge >= 0.3 is 0 Å². The molecule has 1 aliphatic rings. The number of fused-ring (bicyclic) bond motifs is 1. The maximum atomic E-state index is 12.8. The molecule has 0 unspecified atom stereocenters. The zero-order valence-corrected chi connectivity index (χ0v) is 16.8. The molecule has 1 aromatic heterocycles. The van der Waals surface area contributed by atoms with Gasteiger partial charge in [-0.2, -0.15) is 5.10 Å². The SMILES string of the molecule is [N-]=[N+]=NCCOCCOCCNc1ccc2c(=O)n([C@H]3CCC(=O)NC3=O)ncc2c1. The third-order valence-electron chi connectivity index (χ3n) is 4.66. The lowest BCUT2D eigenvalue weighted by Crippen LogP contribution is -2.45. The predicted octanol–water partition coefficient (Wildman–Crippen LogP) is 1.13. The van der Waals surface area contributed by atoms with Crippen LogP contribution in [0.1, 0.15) is 18.9 Å². The maximum Gasteiger partial charge on any atom is 0.275 e. The fourth-order valence-electron chi connectivity index (χ4n) is 3.15. The summed E-state index contributed by atoms with van der Waals surface area (Å²) in [6.07, 6.45) is 1.97. The predicted molar refractivity (Wildman–Crippen MR) is 112 cm³/mol. The Morgan fingerprint density at radius 2 is 2.03 bits per heavy atom. The maximum absolute atomic E-state index is 12.8. The van der Waals surface area contributed by atoms with Gasteiger partial charge in [0.1, 0.15) is 6.04 Å². The van der Waals surface area contributed by atoms with Crippen LogP contribution in [-0.4, -0.2) is 61.1 Å². The van der Waals surface area contributed by atoms with E-state index >= 15 is 0 Å². The average molecular weight is 429 g/mol. The Labute approximate surface area is 177 Å². The van der Waals surface area contributed by atoms with Crippen LogP contribution in [0.2, 0.25) is 0 Å². The molecule has 31 heavy (non-hydrogen) atoms. The third-order valence-corrected chi connectivity index (χ3v) is 4.66. The van der Waals surface area contributed by atoms with Gasteiger partial charge in [0.2, 0.25) is 5.91 Å². The van der Waals surface area contributed by atoms with E-state index in [1.165, 1.54) is 6.20 Å². The Kier molecular flexibility index (Phi) is 7.93. The van der Waals surface area contributed by atoms with Crippen molar-refractivity contribution in [3.63, 3.8) is 0 Å². The van der Waals surface area contributed by atoms with Crippen LogP contribution in [0.25, 0.3) is 21.2 Å². The first-order chi connectivity index (χ1) is 15.1. The van der Waals surface area contributed by atoms with Crippen LogP contribution >= 0.6 is 0 Å². The Morgan fingerprint density at radius 1 is 1.23 bits per heavy atom. The number of ether oxygens (including phenoxy) is 2. The van der Waals surface area contributed by atoms with Crippen LogP contribution in [0.15, 0.2) is 34.3 Å². The smallest absolute Gasteiger partial charge is 0.275 e. The minimum atomic E-state index is -0.785. The first-order valence-corrected chi connectivity index (χ1v) is 9.85. The largest absolute Gasteiger partial charge is 0.383 e. The van der Waals surface area contributed by atoms with Crippen molar-refractivity contribution in [3.8, 4) is 0 Å². The lowest BCUT2D eigenvalue weighted by Gasteiger charge is -2.21. The summed E-state index contributed by atoms with van der Waals surface area (Å²) >= 11 is 0. The van der Waals surface area contributed by atoms with E-state index in [2.05, 4.69) is 25.8 Å². The van der Waals surface area contributed by atoms with Crippen molar-refractivity contribution in [2.24, 2.45) is 5.11 Å². The van der Waals surface area contributed by atoms with Gasteiger partial charge in [0, 0.05) is 35.5 Å². The van der Waals surface area contributed by atoms with Crippen LogP contribution < -0.4 is 16.2 Å². The summed E-state index contributed by atoms with van der Waals surface area (Å²) in [5.74, 6) is -0.850. The van der Waals surface area contributed by atoms with Gasteiger partial charge in [-0.3, -0.25) is 19.7 Å². The number of carbonyl (C=O) groups is 2. The number of hydrogen-bond acceptors (Lipinski definition) is 8. The quantitative estimate of drug-likeness (QED) is 0.178. The van der Waals surface area contributed by atoms with E-state index in [0.29, 0.717) is 50.3 Å². The van der Waals surface area contributed by atoms with Crippen molar-refractivity contribution in [2.75, 3.05) is 44.8 Å². The summed E-state index contributed by atoms with van der Waals surface area (Å²) in [5, 5.41) is 14.0. The molecule has 12 heteroatoms. The van der Waals surface area contributed by atoms with Crippen LogP contribution in [-0.2, 0) is 19.1 Å². The van der Waals surface area contributed by atoms with Gasteiger partial charge in [0.15, 0.2) is 0 Å². The molecule has 2 amide bonds. The molecule has 0 aliphatic carbocycles. The van der Waals surface area contributed by atoms with Gasteiger partial charge < -0.3 is 14.8 Å². The number of rotatable bonds is 11. The normalized spacial score (nSPS) is 16.1. The fraction of sp³-hybridized carbons (Fsp3) is 0.474. The van der Waals surface area contributed by atoms with Crippen LogP contribution in [0, 0.1) is 0 Å². The number of aromatic nitrogens is 2. The molecule has 0 radical (unpaired) electrons. The first kappa shape index (κ1) is 22.2. The Morgan fingerprint density at radius 3 is 2.81 bits per heavy atom. The molecule has 164 valence electrons. The molecule has 1 atom stereocenters. The van der Waals surface area contributed by atoms with E-state index in [9.17, 15) is 14.4 Å². The monoisotopic (exact) mass is 429 g/mol. The van der Waals surface area contributed by atoms with E-state index in [-0.39, 0.29) is 24.3 Å². The second kappa shape index (κ2) is 11.1. The Hall–Kier alpha value is -3.47. The van der Waals surface area contributed by atoms with Gasteiger partial charge in [0.05, 0.1) is 38.0 Å². The molecule has 0 bridgehead atoms. The molecule has 0 spiro atoms. The summed E-state index contributed by atoms with van der Waals surface area (Å²) in [7, 11) is 0. The van der Waals surface area contributed by atoms with Crippen molar-refractivity contribution in [1.29, 1.82) is 0 Å². The minimum Gasteiger partial charge on any atom is -0.383 e. The minimum absolute atomic E-state index is 0.176. The lowest BCUT2D eigenvalue weighted by atomic mass is 10.1. The second-order valence-corrected chi connectivity index (χ2v) is 6.77. The molecule has 1 aromatic carbocycles. The molecule has 1 fully saturated rings. The van der Waals surface area contributed by atoms with E-state index < -0.39 is 11.9 Å². The van der Waals surface area contributed by atoms with Crippen LogP contribution in [0.5, 0.6) is 0 Å². The molecular weight excluding hydrogens is 406 g/mol. The standard InChI is InChI=1S/C19H23N7O5/c20-25-22-6-8-31-10-9-30-7-5-21-14-1-2-15-13(11-14)12-23-26(19(15)29)16-3-4-17(27)24-18(16)28/h1-2,11-12,16,21H,3-10H2,(H,24,27,28)/t16-/m0/s1. The molecule has 12 nitrogen and oxygen atoms in total. The number of nitrogens with zero attached hydrogens (tertiary/aromatic N) is 5. The van der Waals surface area contributed by atoms with Crippen LogP contribution in [0.4, 0.5) is 5.69 Å². The number of anilines is 1. The second-order valence-electron chi connectivity index (χ2n) is 6.77. The van der Waals surface area contributed by atoms with Crippen molar-refractivity contribution >= 4 is 28.3 Å². The lowest BCUT2D eigenvalue weighted by molar-refractivity contribution is -0.136. The number of amides is 2. The molecule has 1 saturated heterocycles. The number of imide groups is 1. The Balaban J connectivity index is 1.50. The number of azide groups is 1. The summed E-state index contributed by atoms with van der Waals surface area (Å²) in [6.45, 7) is 2.54. The van der Waals surface area contributed by atoms with E-state index in [1.54, 1.807) is 18.2 Å². The third kappa shape index (κ3) is 6.01. The molecule has 0 saturated carbocycles. The first-order valence-electron chi connectivity index (χ1n) is 9.85. The summed E-state index contributed by atoms with van der Waals surface area (Å²) in [5.41, 5.74) is 8.58. The molecular formula is C19H23N7O5. The Bertz CT molecular complexity index is 1050. The van der Waals surface area contributed by atoms with Gasteiger partial charge in [-0.25, -0.2) is 4.68 Å². The van der Waals surface area contributed by atoms with Crippen molar-refractivity contribution in [3.05, 3.63) is 45.2 Å². The van der Waals surface area contributed by atoms with E-state index in [0.717, 1.165) is 10.4 Å². The molecule has 2 aromatic rings. The van der Waals surface area contributed by atoms with Crippen molar-refractivity contribution in [1.82, 2.24) is 15.1 Å². The number of hydrogen-bond donors (Lipinski definition) is 2. The zero-order valence-electron chi connectivity index (χ0n) is 16.8. The summed E-state index contributed by atoms with van der Waals surface area (Å²) < 4.78 is 11.8. The molecule has 3 rings (SSSR count). The van der Waals surface area contributed by atoms with E-state index in [4.69, 9.17) is 15.0 Å². The van der Waals surface area contributed by atoms with Gasteiger partial charge in [-0.1, -0.05) is 5.11 Å². The highest BCUT2D eigenvalue weighted by Gasteiger charge is 2.29. The highest BCUT2D eigenvalue weighted by molar-refractivity contribution is 5.99. The molecule has 2 heterocycles. The zero-order chi connectivity index (χ0) is 22.1. The van der Waals surface area contributed by atoms with Gasteiger partial charge in [-0.05, 0) is 30.2 Å². The highest BCUT2D eigenvalue weighted by Crippen LogP contribution is 2.19. The fourth-order valence-corrected chi connectivity index (χ4v) is 3.15. The topological polar surface area (TPSA) is 160 Å². The van der Waals surface area contributed by atoms with Crippen molar-refractivity contribution < 1.29 is 19.1 Å². The number of benzene rings is 1. The molecule has 1 aliphatic heterocycles. The number of carbonyl (C=O) groups excluding carboxylic acids is 2. The summed E-state index contributed by atoms with van der Waals surface area (Å²) in [6, 6.07) is 4.48. The number of piperidine rings is 1. The van der Waals surface area contributed by atoms with Crippen molar-refractivity contribution in [2.45, 2.75) is 18.9 Å². The number of nitrogens with one attached hydrogen (secondary N) is 2. The van der Waals surface area contributed by atoms with E-state index in [1.807, 2.05) is 0 Å². The van der Waals surface area contributed by atoms with Gasteiger partial charge in [-0.15, -0.1) is 0 Å². The average Bonchev–Trinajstić information content (AvgIpc) is 2.76. The molecule has 2 N–H and O–H groups in total. The van der Waals surface area contributed by atoms with Gasteiger partial charge in [0.25, 0.3) is 11.5 Å². The van der Waals surface area contributed by atoms with Crippen LogP contribution in [0.3, 0.4) is 0 Å².